The summed E-state index contributed by atoms with van der Waals surface area (Å²) in [6, 6.07) is 8.94. The van der Waals surface area contributed by atoms with Gasteiger partial charge in [-0.05, 0) is 78.9 Å². The number of primary amides is 1. The minimum absolute atomic E-state index is 0.0131. The van der Waals surface area contributed by atoms with Crippen molar-refractivity contribution in [2.24, 2.45) is 5.73 Å². The smallest absolute Gasteiger partial charge is 0.242 e. The fourth-order valence-corrected chi connectivity index (χ4v) is 4.64. The number of anilines is 1. The van der Waals surface area contributed by atoms with Crippen LogP contribution in [0, 0.1) is 0 Å². The monoisotopic (exact) mass is 540 g/mol. The van der Waals surface area contributed by atoms with Gasteiger partial charge in [-0.1, -0.05) is 59.7 Å². The van der Waals surface area contributed by atoms with Crippen molar-refractivity contribution < 1.29 is 9.59 Å². The molecule has 0 saturated heterocycles. The first-order chi connectivity index (χ1) is 18.1. The van der Waals surface area contributed by atoms with E-state index in [1.165, 1.54) is 16.7 Å². The molecule has 0 radical (unpaired) electrons. The molecule has 0 saturated carbocycles. The van der Waals surface area contributed by atoms with Crippen LogP contribution in [0.15, 0.2) is 77.7 Å². The lowest BCUT2D eigenvalue weighted by atomic mass is 10.1. The van der Waals surface area contributed by atoms with Gasteiger partial charge >= 0.3 is 0 Å². The van der Waals surface area contributed by atoms with Gasteiger partial charge in [-0.25, -0.2) is 0 Å². The molecule has 210 valence electrons. The summed E-state index contributed by atoms with van der Waals surface area (Å²) >= 11 is 1.79. The molecule has 0 spiro atoms. The SMILES string of the molecule is C=C(Nc1ccccc1)NC(CCC(N)=O)C(=O)NC(C)CSC/C=C(\C)CC/C=C(\C)CCC=C(C)C. The van der Waals surface area contributed by atoms with E-state index in [4.69, 9.17) is 5.73 Å². The lowest BCUT2D eigenvalue weighted by molar-refractivity contribution is -0.124. The second kappa shape index (κ2) is 19.2. The van der Waals surface area contributed by atoms with Crippen LogP contribution >= 0.6 is 11.8 Å². The average Bonchev–Trinajstić information content (AvgIpc) is 2.84. The van der Waals surface area contributed by atoms with Crippen molar-refractivity contribution in [1.82, 2.24) is 10.6 Å². The van der Waals surface area contributed by atoms with Gasteiger partial charge in [-0.3, -0.25) is 9.59 Å². The van der Waals surface area contributed by atoms with Gasteiger partial charge in [-0.15, -0.1) is 0 Å². The summed E-state index contributed by atoms with van der Waals surface area (Å²) in [5, 5.41) is 9.29. The summed E-state index contributed by atoms with van der Waals surface area (Å²) in [5.74, 6) is 1.59. The number of carbonyl (C=O) groups is 2. The van der Waals surface area contributed by atoms with Gasteiger partial charge in [0.15, 0.2) is 0 Å². The Kier molecular flexibility index (Phi) is 16.7. The molecule has 6 nitrogen and oxygen atoms in total. The van der Waals surface area contributed by atoms with Gasteiger partial charge in [0.2, 0.25) is 11.8 Å². The minimum Gasteiger partial charge on any atom is -0.370 e. The molecule has 0 aliphatic heterocycles. The third-order valence-corrected chi connectivity index (χ3v) is 6.98. The highest BCUT2D eigenvalue weighted by Gasteiger charge is 2.21. The molecule has 2 unspecified atom stereocenters. The zero-order chi connectivity index (χ0) is 28.3. The second-order valence-corrected chi connectivity index (χ2v) is 11.2. The van der Waals surface area contributed by atoms with Crippen LogP contribution in [0.3, 0.4) is 0 Å². The van der Waals surface area contributed by atoms with Crippen molar-refractivity contribution in [3.8, 4) is 0 Å². The Morgan fingerprint density at radius 3 is 2.21 bits per heavy atom. The molecule has 1 rings (SSSR count). The summed E-state index contributed by atoms with van der Waals surface area (Å²) in [7, 11) is 0. The second-order valence-electron chi connectivity index (χ2n) is 10.1. The normalized spacial score (nSPS) is 13.3. The number of rotatable bonds is 19. The van der Waals surface area contributed by atoms with Gasteiger partial charge in [0.05, 0.1) is 5.82 Å². The zero-order valence-electron chi connectivity index (χ0n) is 23.9. The molecule has 0 heterocycles. The molecule has 5 N–H and O–H groups in total. The van der Waals surface area contributed by atoms with Crippen LogP contribution in [0.5, 0.6) is 0 Å². The van der Waals surface area contributed by atoms with Crippen LogP contribution in [0.2, 0.25) is 0 Å². The predicted molar refractivity (Wildman–Crippen MR) is 165 cm³/mol. The van der Waals surface area contributed by atoms with E-state index in [-0.39, 0.29) is 18.4 Å². The Bertz CT molecular complexity index is 965. The van der Waals surface area contributed by atoms with E-state index in [0.29, 0.717) is 12.2 Å². The first-order valence-corrected chi connectivity index (χ1v) is 14.6. The highest BCUT2D eigenvalue weighted by atomic mass is 32.2. The van der Waals surface area contributed by atoms with Crippen molar-refractivity contribution in [3.05, 3.63) is 77.7 Å². The van der Waals surface area contributed by atoms with E-state index in [0.717, 1.165) is 42.9 Å². The standard InChI is InChI=1S/C31H48N4O2S/c1-23(2)12-10-13-24(3)14-11-15-25(4)20-21-38-22-26(5)33-31(37)29(18-19-30(32)36)35-27(6)34-28-16-8-7-9-17-28/h7-9,12,14,16-17,20,26,29,34-35H,6,10-11,13,15,18-19,21-22H2,1-5H3,(H2,32,36)(H,33,37)/b24-14+,25-20+. The Morgan fingerprint density at radius 1 is 0.947 bits per heavy atom. The summed E-state index contributed by atoms with van der Waals surface area (Å²) < 4.78 is 0. The highest BCUT2D eigenvalue weighted by Crippen LogP contribution is 2.13. The van der Waals surface area contributed by atoms with Crippen molar-refractivity contribution in [2.75, 3.05) is 16.8 Å². The third-order valence-electron chi connectivity index (χ3n) is 5.84. The van der Waals surface area contributed by atoms with Crippen LogP contribution < -0.4 is 21.7 Å². The van der Waals surface area contributed by atoms with Gasteiger partial charge < -0.3 is 21.7 Å². The van der Waals surface area contributed by atoms with E-state index in [1.807, 2.05) is 37.3 Å². The number of hydrogen-bond donors (Lipinski definition) is 4. The number of amides is 2. The van der Waals surface area contributed by atoms with Crippen molar-refractivity contribution in [3.63, 3.8) is 0 Å². The topological polar surface area (TPSA) is 96.2 Å². The molecule has 0 aliphatic carbocycles. The molecular formula is C31H48N4O2S. The Labute approximate surface area is 234 Å². The zero-order valence-corrected chi connectivity index (χ0v) is 24.8. The Morgan fingerprint density at radius 2 is 1.58 bits per heavy atom. The number of carbonyl (C=O) groups excluding carboxylic acids is 2. The molecule has 0 bridgehead atoms. The number of benzene rings is 1. The van der Waals surface area contributed by atoms with Crippen LogP contribution in [0.4, 0.5) is 5.69 Å². The fraction of sp³-hybridized carbons (Fsp3) is 0.484. The maximum Gasteiger partial charge on any atom is 0.242 e. The fourth-order valence-electron chi connectivity index (χ4n) is 3.67. The van der Waals surface area contributed by atoms with E-state index in [9.17, 15) is 9.59 Å². The Hall–Kier alpha value is -2.93. The van der Waals surface area contributed by atoms with E-state index in [2.05, 4.69) is 68.5 Å². The van der Waals surface area contributed by atoms with Crippen molar-refractivity contribution >= 4 is 29.3 Å². The molecule has 2 atom stereocenters. The Balaban J connectivity index is 2.43. The van der Waals surface area contributed by atoms with Gasteiger partial charge in [0.25, 0.3) is 0 Å². The van der Waals surface area contributed by atoms with E-state index in [1.54, 1.807) is 11.8 Å². The lowest BCUT2D eigenvalue weighted by Gasteiger charge is -2.23. The molecule has 38 heavy (non-hydrogen) atoms. The van der Waals surface area contributed by atoms with E-state index >= 15 is 0 Å². The van der Waals surface area contributed by atoms with Gasteiger partial charge in [-0.2, -0.15) is 11.8 Å². The largest absolute Gasteiger partial charge is 0.370 e. The summed E-state index contributed by atoms with van der Waals surface area (Å²) in [4.78, 5) is 24.3. The molecule has 7 heteroatoms. The van der Waals surface area contributed by atoms with Crippen LogP contribution in [0.1, 0.15) is 73.1 Å². The number of thioether (sulfide) groups is 1. The molecule has 0 aromatic heterocycles. The van der Waals surface area contributed by atoms with Gasteiger partial charge in [0, 0.05) is 29.7 Å². The third kappa shape index (κ3) is 16.7. The number of nitrogens with two attached hydrogens (primary N) is 1. The predicted octanol–water partition coefficient (Wildman–Crippen LogP) is 6.45. The molecule has 2 amide bonds. The summed E-state index contributed by atoms with van der Waals surface area (Å²) in [6.07, 6.45) is 11.7. The van der Waals surface area contributed by atoms with E-state index < -0.39 is 11.9 Å². The average molecular weight is 541 g/mol. The number of allylic oxidation sites excluding steroid dienone is 5. The molecule has 0 fully saturated rings. The summed E-state index contributed by atoms with van der Waals surface area (Å²) in [5.41, 5.74) is 10.4. The minimum atomic E-state index is -0.612. The maximum absolute atomic E-state index is 12.9. The summed E-state index contributed by atoms with van der Waals surface area (Å²) in [6.45, 7) is 14.6. The quantitative estimate of drug-likeness (QED) is 0.119. The van der Waals surface area contributed by atoms with Crippen molar-refractivity contribution in [2.45, 2.75) is 85.2 Å². The van der Waals surface area contributed by atoms with Crippen molar-refractivity contribution in [1.29, 1.82) is 0 Å². The number of nitrogens with one attached hydrogen (secondary N) is 3. The number of para-hydroxylation sites is 1. The highest BCUT2D eigenvalue weighted by molar-refractivity contribution is 7.99. The van der Waals surface area contributed by atoms with Gasteiger partial charge in [0.1, 0.15) is 6.04 Å². The lowest BCUT2D eigenvalue weighted by Crippen LogP contribution is -2.48. The molecule has 1 aromatic carbocycles. The number of hydrogen-bond acceptors (Lipinski definition) is 5. The molecular weight excluding hydrogens is 492 g/mol. The maximum atomic E-state index is 12.9. The van der Waals surface area contributed by atoms with Crippen LogP contribution in [-0.4, -0.2) is 35.4 Å². The molecule has 1 aromatic rings. The van der Waals surface area contributed by atoms with Crippen LogP contribution in [-0.2, 0) is 9.59 Å². The molecule has 0 aliphatic rings. The van der Waals surface area contributed by atoms with Crippen LogP contribution in [0.25, 0.3) is 0 Å². The first-order valence-electron chi connectivity index (χ1n) is 13.4. The first kappa shape index (κ1) is 33.1.